The van der Waals surface area contributed by atoms with Gasteiger partial charge in [0.2, 0.25) is 0 Å². The molecule has 3 N–H and O–H groups in total. The smallest absolute Gasteiger partial charge is 0.490 e. The predicted octanol–water partition coefficient (Wildman–Crippen LogP) is 4.47. The van der Waals surface area contributed by atoms with E-state index in [1.54, 1.807) is 13.3 Å². The van der Waals surface area contributed by atoms with E-state index in [2.05, 4.69) is 33.0 Å². The van der Waals surface area contributed by atoms with E-state index in [-0.39, 0.29) is 0 Å². The number of aromatic nitrogens is 1. The van der Waals surface area contributed by atoms with Gasteiger partial charge in [0, 0.05) is 51.2 Å². The number of carbonyl (C=O) groups is 3. The molecule has 2 unspecified atom stereocenters. The van der Waals surface area contributed by atoms with Crippen LogP contribution in [0.4, 0.5) is 39.5 Å². The number of methoxy groups -OCH3 is 1. The van der Waals surface area contributed by atoms with Gasteiger partial charge < -0.3 is 24.8 Å². The van der Waals surface area contributed by atoms with E-state index in [0.717, 1.165) is 50.5 Å². The maximum atomic E-state index is 10.6. The van der Waals surface area contributed by atoms with E-state index in [4.69, 9.17) is 39.2 Å². The zero-order valence-electron chi connectivity index (χ0n) is 24.3. The van der Waals surface area contributed by atoms with Crippen molar-refractivity contribution in [2.24, 2.45) is 0 Å². The van der Waals surface area contributed by atoms with Crippen LogP contribution in [-0.2, 0) is 32.3 Å². The number of hydrogen-bond acceptors (Lipinski definition) is 8. The summed E-state index contributed by atoms with van der Waals surface area (Å²) in [6.07, 6.45) is -10.1. The molecule has 0 amide bonds. The largest absolute Gasteiger partial charge is 0.497 e. The minimum atomic E-state index is -5.08. The van der Waals surface area contributed by atoms with Gasteiger partial charge in [0.25, 0.3) is 0 Å². The molecule has 2 aliphatic heterocycles. The Morgan fingerprint density at radius 1 is 0.809 bits per heavy atom. The van der Waals surface area contributed by atoms with Crippen LogP contribution in [0.15, 0.2) is 48.8 Å². The third-order valence-electron chi connectivity index (χ3n) is 6.16. The summed E-state index contributed by atoms with van der Waals surface area (Å²) < 4.78 is 107. The second-order valence-electron chi connectivity index (χ2n) is 9.67. The molecule has 2 aromatic rings. The van der Waals surface area contributed by atoms with Crippen LogP contribution >= 0.6 is 0 Å². The number of alkyl halides is 9. The van der Waals surface area contributed by atoms with Crippen molar-refractivity contribution in [2.75, 3.05) is 33.3 Å². The number of carboxylic acid groups (broad SMARTS) is 3. The number of pyridine rings is 1. The summed E-state index contributed by atoms with van der Waals surface area (Å²) in [5, 5.41) is 21.4. The van der Waals surface area contributed by atoms with E-state index in [1.165, 1.54) is 5.56 Å². The van der Waals surface area contributed by atoms with Gasteiger partial charge in [-0.1, -0.05) is 18.2 Å². The number of nitrogens with zero attached hydrogens (tertiary/aromatic N) is 3. The van der Waals surface area contributed by atoms with Crippen LogP contribution in [0, 0.1) is 0 Å². The number of fused-ring (bicyclic) bond motifs is 1. The molecule has 3 heterocycles. The normalized spacial score (nSPS) is 18.2. The number of carboxylic acids is 3. The molecule has 0 spiro atoms. The Balaban J connectivity index is 0.000000430. The zero-order chi connectivity index (χ0) is 36.0. The molecule has 2 fully saturated rings. The highest BCUT2D eigenvalue weighted by Crippen LogP contribution is 2.26. The van der Waals surface area contributed by atoms with Crippen molar-refractivity contribution in [2.45, 2.75) is 50.2 Å². The monoisotopic (exact) mass is 695 g/mol. The molecule has 2 aliphatic rings. The van der Waals surface area contributed by atoms with Gasteiger partial charge in [0.1, 0.15) is 5.75 Å². The average molecular weight is 696 g/mol. The number of aliphatic carboxylic acids is 3. The highest BCUT2D eigenvalue weighted by molar-refractivity contribution is 5.73. The van der Waals surface area contributed by atoms with E-state index < -0.39 is 36.4 Å². The minimum absolute atomic E-state index is 0.334. The summed E-state index contributed by atoms with van der Waals surface area (Å²) in [5.74, 6) is -7.35. The second kappa shape index (κ2) is 18.2. The SMILES string of the molecule is COc1ccc(CN2CCN3CC(OCc4cccnc4)CC3C2)cc1.O=C(O)C(F)(F)F.O=C(O)C(F)(F)F.O=C(O)C(F)(F)F. The molecule has 1 aromatic carbocycles. The molecule has 0 radical (unpaired) electrons. The number of ether oxygens (including phenoxy) is 2. The van der Waals surface area contributed by atoms with Crippen LogP contribution < -0.4 is 4.74 Å². The first kappa shape index (κ1) is 40.9. The summed E-state index contributed by atoms with van der Waals surface area (Å²) >= 11 is 0. The van der Waals surface area contributed by atoms with Crippen molar-refractivity contribution < 1.29 is 78.7 Å². The first-order valence-corrected chi connectivity index (χ1v) is 13.1. The van der Waals surface area contributed by atoms with Crippen molar-refractivity contribution in [3.05, 3.63) is 59.9 Å². The van der Waals surface area contributed by atoms with Crippen molar-refractivity contribution in [3.8, 4) is 5.75 Å². The molecule has 20 heteroatoms. The van der Waals surface area contributed by atoms with Crippen molar-refractivity contribution in [1.82, 2.24) is 14.8 Å². The quantitative estimate of drug-likeness (QED) is 0.368. The third-order valence-corrected chi connectivity index (χ3v) is 6.16. The van der Waals surface area contributed by atoms with Gasteiger partial charge in [0.05, 0.1) is 19.8 Å². The molecule has 0 saturated carbocycles. The van der Waals surface area contributed by atoms with E-state index >= 15 is 0 Å². The van der Waals surface area contributed by atoms with Crippen LogP contribution in [0.3, 0.4) is 0 Å². The Kier molecular flexibility index (Phi) is 15.9. The van der Waals surface area contributed by atoms with Crippen molar-refractivity contribution in [1.29, 1.82) is 0 Å². The third kappa shape index (κ3) is 16.3. The number of piperazine rings is 1. The van der Waals surface area contributed by atoms with Crippen molar-refractivity contribution >= 4 is 17.9 Å². The van der Waals surface area contributed by atoms with E-state index in [0.29, 0.717) is 18.8 Å². The summed E-state index contributed by atoms with van der Waals surface area (Å²) in [6.45, 7) is 6.11. The van der Waals surface area contributed by atoms with E-state index in [9.17, 15) is 39.5 Å². The lowest BCUT2D eigenvalue weighted by atomic mass is 10.1. The summed E-state index contributed by atoms with van der Waals surface area (Å²) in [6, 6.07) is 13.1. The molecule has 4 rings (SSSR count). The highest BCUT2D eigenvalue weighted by atomic mass is 19.4. The molecule has 2 saturated heterocycles. The molecule has 11 nitrogen and oxygen atoms in total. The Hall–Kier alpha value is -4.17. The predicted molar refractivity (Wildman–Crippen MR) is 142 cm³/mol. The second-order valence-corrected chi connectivity index (χ2v) is 9.67. The van der Waals surface area contributed by atoms with Gasteiger partial charge in [-0.25, -0.2) is 14.4 Å². The first-order valence-electron chi connectivity index (χ1n) is 13.1. The Bertz CT molecular complexity index is 1200. The molecular weight excluding hydrogens is 665 g/mol. The zero-order valence-corrected chi connectivity index (χ0v) is 24.3. The molecule has 0 bridgehead atoms. The Morgan fingerprint density at radius 3 is 1.74 bits per heavy atom. The summed E-state index contributed by atoms with van der Waals surface area (Å²) in [7, 11) is 1.71. The summed E-state index contributed by atoms with van der Waals surface area (Å²) in [5.41, 5.74) is 2.50. The Labute approximate surface area is 261 Å². The standard InChI is InChI=1S/C21H27N3O2.3C2HF3O2/c1-25-20-6-4-17(5-7-20)13-23-9-10-24-15-21(11-19(24)14-23)26-16-18-3-2-8-22-12-18;3*3-2(4,5)1(6)7/h2-8,12,19,21H,9-11,13-16H2,1H3;3*(H,6,7). The number of rotatable bonds is 6. The highest BCUT2D eigenvalue weighted by Gasteiger charge is 2.40. The molecule has 264 valence electrons. The maximum Gasteiger partial charge on any atom is 0.490 e. The summed E-state index contributed by atoms with van der Waals surface area (Å²) in [4.78, 5) is 36.0. The van der Waals surface area contributed by atoms with Gasteiger partial charge in [-0.15, -0.1) is 0 Å². The topological polar surface area (TPSA) is 150 Å². The lowest BCUT2D eigenvalue weighted by molar-refractivity contribution is -0.193. The lowest BCUT2D eigenvalue weighted by Gasteiger charge is -2.37. The maximum absolute atomic E-state index is 10.6. The molecule has 47 heavy (non-hydrogen) atoms. The van der Waals surface area contributed by atoms with Gasteiger partial charge in [0.15, 0.2) is 0 Å². The van der Waals surface area contributed by atoms with Gasteiger partial charge in [-0.2, -0.15) is 39.5 Å². The number of halogens is 9. The van der Waals surface area contributed by atoms with Crippen LogP contribution in [-0.4, -0.2) is 112 Å². The van der Waals surface area contributed by atoms with Gasteiger partial charge in [-0.3, -0.25) is 14.8 Å². The van der Waals surface area contributed by atoms with Crippen LogP contribution in [0.1, 0.15) is 17.5 Å². The fourth-order valence-electron chi connectivity index (χ4n) is 4.01. The van der Waals surface area contributed by atoms with Crippen LogP contribution in [0.5, 0.6) is 5.75 Å². The van der Waals surface area contributed by atoms with Gasteiger partial charge >= 0.3 is 36.4 Å². The molecule has 1 aromatic heterocycles. The molecular formula is C27H30F9N3O8. The fourth-order valence-corrected chi connectivity index (χ4v) is 4.01. The number of benzene rings is 1. The minimum Gasteiger partial charge on any atom is -0.497 e. The van der Waals surface area contributed by atoms with Crippen LogP contribution in [0.25, 0.3) is 0 Å². The molecule has 0 aliphatic carbocycles. The fraction of sp³-hybridized carbons (Fsp3) is 0.481. The number of hydrogen-bond donors (Lipinski definition) is 3. The van der Waals surface area contributed by atoms with E-state index in [1.807, 2.05) is 24.4 Å². The van der Waals surface area contributed by atoms with Gasteiger partial charge in [-0.05, 0) is 35.7 Å². The van der Waals surface area contributed by atoms with Crippen molar-refractivity contribution in [3.63, 3.8) is 0 Å². The van der Waals surface area contributed by atoms with Crippen LogP contribution in [0.2, 0.25) is 0 Å². The average Bonchev–Trinajstić information content (AvgIpc) is 3.39. The lowest BCUT2D eigenvalue weighted by Crippen LogP contribution is -2.49. The first-order chi connectivity index (χ1) is 21.6. The Morgan fingerprint density at radius 2 is 1.32 bits per heavy atom. The molecule has 2 atom stereocenters.